The standard InChI is InChI=1S/C25H25BN4O11/c1-2-29-8-9-30(22(34)21(29)33)25(39)28-18(14-7-6-13(23(35)36)10-16(14)31)20(32)27-17-11-12-4-3-5-15(24(37)38)19(12)41-26(17)40/h3-7,10,17-18,31,40H,2,8-9,11H2,1H3,(H,27,32)(H,28,39)(H,35,36)(H,37,38)/t17-,18-/m0/s1. The number of benzene rings is 2. The predicted octanol–water partition coefficient (Wildman–Crippen LogP) is -0.630. The molecular formula is C25H25BN4O11. The molecule has 2 aliphatic heterocycles. The Labute approximate surface area is 232 Å². The van der Waals surface area contributed by atoms with Crippen molar-refractivity contribution in [3.8, 4) is 11.5 Å². The topological polar surface area (TPSA) is 223 Å². The first kappa shape index (κ1) is 28.9. The van der Waals surface area contributed by atoms with Gasteiger partial charge in [0.2, 0.25) is 5.91 Å². The highest BCUT2D eigenvalue weighted by Gasteiger charge is 2.41. The summed E-state index contributed by atoms with van der Waals surface area (Å²) in [6.45, 7) is 1.81. The number of amides is 5. The number of carbonyl (C=O) groups is 6. The second kappa shape index (κ2) is 11.6. The molecule has 1 saturated heterocycles. The molecule has 0 bridgehead atoms. The summed E-state index contributed by atoms with van der Waals surface area (Å²) in [6.07, 6.45) is -0.0695. The average Bonchev–Trinajstić information content (AvgIpc) is 2.93. The summed E-state index contributed by atoms with van der Waals surface area (Å²) in [6, 6.07) is 4.48. The Morgan fingerprint density at radius 1 is 1.07 bits per heavy atom. The third kappa shape index (κ3) is 5.77. The van der Waals surface area contributed by atoms with Crippen LogP contribution in [0, 0.1) is 0 Å². The fourth-order valence-corrected chi connectivity index (χ4v) is 4.56. The molecule has 1 fully saturated rings. The number of imide groups is 1. The number of urea groups is 1. The maximum Gasteiger partial charge on any atom is 0.547 e. The maximum atomic E-state index is 13.5. The molecule has 4 rings (SSSR count). The molecule has 0 saturated carbocycles. The quantitative estimate of drug-likeness (QED) is 0.182. The Morgan fingerprint density at radius 3 is 2.44 bits per heavy atom. The van der Waals surface area contributed by atoms with Crippen LogP contribution in [0.5, 0.6) is 11.5 Å². The van der Waals surface area contributed by atoms with E-state index in [0.717, 1.165) is 18.2 Å². The van der Waals surface area contributed by atoms with E-state index in [9.17, 15) is 49.1 Å². The number of carbonyl (C=O) groups excluding carboxylic acids is 4. The highest BCUT2D eigenvalue weighted by Crippen LogP contribution is 2.31. The van der Waals surface area contributed by atoms with E-state index >= 15 is 0 Å². The van der Waals surface area contributed by atoms with Crippen LogP contribution in [-0.4, -0.2) is 98.5 Å². The number of likely N-dealkylation sites (N-methyl/N-ethyl adjacent to an activating group) is 1. The number of aromatic carboxylic acids is 2. The minimum Gasteiger partial charge on any atom is -0.534 e. The van der Waals surface area contributed by atoms with Crippen LogP contribution in [0.15, 0.2) is 36.4 Å². The largest absolute Gasteiger partial charge is 0.547 e. The third-order valence-electron chi connectivity index (χ3n) is 6.73. The Balaban J connectivity index is 1.61. The van der Waals surface area contributed by atoms with Crippen molar-refractivity contribution >= 4 is 42.8 Å². The monoisotopic (exact) mass is 568 g/mol. The van der Waals surface area contributed by atoms with E-state index in [1.165, 1.54) is 17.0 Å². The van der Waals surface area contributed by atoms with Crippen LogP contribution < -0.4 is 15.3 Å². The number of nitrogens with zero attached hydrogens (tertiary/aromatic N) is 2. The highest BCUT2D eigenvalue weighted by molar-refractivity contribution is 6.47. The van der Waals surface area contributed by atoms with Gasteiger partial charge in [-0.2, -0.15) is 0 Å². The SMILES string of the molecule is CCN1CCN(C(=O)N[C@H](C(=O)N[C@H]2Cc3cccc(C(=O)O)c3OB2O)c2ccc(C(=O)O)cc2O)C(=O)C1=O. The Kier molecular flexibility index (Phi) is 8.14. The van der Waals surface area contributed by atoms with Crippen LogP contribution in [0.2, 0.25) is 0 Å². The second-order valence-electron chi connectivity index (χ2n) is 9.23. The zero-order valence-corrected chi connectivity index (χ0v) is 21.6. The summed E-state index contributed by atoms with van der Waals surface area (Å²) in [7, 11) is -1.70. The van der Waals surface area contributed by atoms with Gasteiger partial charge in [0.15, 0.2) is 0 Å². The number of hydrogen-bond acceptors (Lipinski definition) is 9. The zero-order chi connectivity index (χ0) is 30.0. The van der Waals surface area contributed by atoms with Gasteiger partial charge in [-0.05, 0) is 37.1 Å². The van der Waals surface area contributed by atoms with Crippen molar-refractivity contribution in [2.24, 2.45) is 0 Å². The van der Waals surface area contributed by atoms with Crippen LogP contribution in [0.4, 0.5) is 4.79 Å². The number of aromatic hydroxyl groups is 1. The first-order valence-electron chi connectivity index (χ1n) is 12.4. The molecule has 2 aromatic carbocycles. The molecule has 2 aliphatic rings. The molecule has 15 nitrogen and oxygen atoms in total. The van der Waals surface area contributed by atoms with Gasteiger partial charge in [-0.1, -0.05) is 18.2 Å². The number of piperazine rings is 1. The van der Waals surface area contributed by atoms with Crippen molar-refractivity contribution in [2.75, 3.05) is 19.6 Å². The molecule has 5 amide bonds. The summed E-state index contributed by atoms with van der Waals surface area (Å²) in [5.41, 5.74) is -0.378. The van der Waals surface area contributed by atoms with Crippen molar-refractivity contribution in [1.29, 1.82) is 0 Å². The van der Waals surface area contributed by atoms with Gasteiger partial charge in [0, 0.05) is 25.2 Å². The first-order valence-corrected chi connectivity index (χ1v) is 12.4. The Bertz CT molecular complexity index is 1450. The first-order chi connectivity index (χ1) is 19.4. The normalized spacial score (nSPS) is 17.3. The zero-order valence-electron chi connectivity index (χ0n) is 21.6. The summed E-state index contributed by atoms with van der Waals surface area (Å²) >= 11 is 0. The van der Waals surface area contributed by atoms with Crippen LogP contribution >= 0.6 is 0 Å². The lowest BCUT2D eigenvalue weighted by Crippen LogP contribution is -2.60. The summed E-state index contributed by atoms with van der Waals surface area (Å²) in [5, 5.41) is 44.5. The number of hydrogen-bond donors (Lipinski definition) is 6. The van der Waals surface area contributed by atoms with Crippen LogP contribution in [0.3, 0.4) is 0 Å². The van der Waals surface area contributed by atoms with Crippen molar-refractivity contribution in [1.82, 2.24) is 20.4 Å². The van der Waals surface area contributed by atoms with Gasteiger partial charge in [-0.3, -0.25) is 19.3 Å². The molecule has 2 heterocycles. The lowest BCUT2D eigenvalue weighted by Gasteiger charge is -2.33. The molecule has 214 valence electrons. The molecule has 16 heteroatoms. The van der Waals surface area contributed by atoms with E-state index in [1.54, 1.807) is 13.0 Å². The molecule has 2 aromatic rings. The molecule has 0 radical (unpaired) electrons. The van der Waals surface area contributed by atoms with Crippen molar-refractivity contribution in [3.63, 3.8) is 0 Å². The van der Waals surface area contributed by atoms with Gasteiger partial charge in [-0.25, -0.2) is 14.4 Å². The third-order valence-corrected chi connectivity index (χ3v) is 6.73. The average molecular weight is 568 g/mol. The molecule has 0 aliphatic carbocycles. The van der Waals surface area contributed by atoms with Gasteiger partial charge < -0.3 is 40.5 Å². The van der Waals surface area contributed by atoms with E-state index < -0.39 is 60.5 Å². The van der Waals surface area contributed by atoms with Crippen molar-refractivity contribution < 1.29 is 53.8 Å². The van der Waals surface area contributed by atoms with Gasteiger partial charge in [-0.15, -0.1) is 0 Å². The Morgan fingerprint density at radius 2 is 1.80 bits per heavy atom. The van der Waals surface area contributed by atoms with Crippen LogP contribution in [0.1, 0.15) is 44.8 Å². The van der Waals surface area contributed by atoms with Crippen molar-refractivity contribution in [2.45, 2.75) is 25.3 Å². The molecule has 0 unspecified atom stereocenters. The predicted molar refractivity (Wildman–Crippen MR) is 138 cm³/mol. The van der Waals surface area contributed by atoms with Crippen LogP contribution in [0.25, 0.3) is 0 Å². The van der Waals surface area contributed by atoms with Gasteiger partial charge >= 0.3 is 36.9 Å². The van der Waals surface area contributed by atoms with E-state index in [2.05, 4.69) is 10.6 Å². The molecule has 0 spiro atoms. The number of para-hydroxylation sites is 1. The summed E-state index contributed by atoms with van der Waals surface area (Å²) in [4.78, 5) is 76.1. The number of carboxylic acids is 2. The smallest absolute Gasteiger partial charge is 0.534 e. The molecule has 6 N–H and O–H groups in total. The summed E-state index contributed by atoms with van der Waals surface area (Å²) in [5.74, 6) is -7.56. The Hall–Kier alpha value is -5.12. The molecule has 2 atom stereocenters. The maximum absolute atomic E-state index is 13.5. The lowest BCUT2D eigenvalue weighted by atomic mass is 9.72. The number of fused-ring (bicyclic) bond motifs is 1. The number of phenols is 1. The minimum atomic E-state index is -1.73. The number of rotatable bonds is 7. The van der Waals surface area contributed by atoms with E-state index in [0.29, 0.717) is 10.5 Å². The van der Waals surface area contributed by atoms with Gasteiger partial charge in [0.05, 0.1) is 17.1 Å². The molecule has 41 heavy (non-hydrogen) atoms. The minimum absolute atomic E-state index is 0.0628. The number of nitrogens with one attached hydrogen (secondary N) is 2. The van der Waals surface area contributed by atoms with Gasteiger partial charge in [0.25, 0.3) is 0 Å². The van der Waals surface area contributed by atoms with E-state index in [-0.39, 0.29) is 48.5 Å². The molecule has 0 aromatic heterocycles. The number of carboxylic acid groups (broad SMARTS) is 2. The van der Waals surface area contributed by atoms with E-state index in [1.807, 2.05) is 0 Å². The van der Waals surface area contributed by atoms with Crippen LogP contribution in [-0.2, 0) is 20.8 Å². The molecular weight excluding hydrogens is 543 g/mol. The highest BCUT2D eigenvalue weighted by atomic mass is 16.5. The second-order valence-corrected chi connectivity index (χ2v) is 9.23. The van der Waals surface area contributed by atoms with Crippen molar-refractivity contribution in [3.05, 3.63) is 58.7 Å². The fraction of sp³-hybridized carbons (Fsp3) is 0.280. The van der Waals surface area contributed by atoms with E-state index in [4.69, 9.17) is 4.65 Å². The fourth-order valence-electron chi connectivity index (χ4n) is 4.56. The van der Waals surface area contributed by atoms with Gasteiger partial charge in [0.1, 0.15) is 17.5 Å². The number of phenolic OH excluding ortho intramolecular Hbond substituents is 1. The lowest BCUT2D eigenvalue weighted by molar-refractivity contribution is -0.153. The summed E-state index contributed by atoms with van der Waals surface area (Å²) < 4.78 is 5.37.